The van der Waals surface area contributed by atoms with Crippen LogP contribution in [-0.2, 0) is 12.8 Å². The highest BCUT2D eigenvalue weighted by Crippen LogP contribution is 2.18. The minimum atomic E-state index is 1.13. The van der Waals surface area contributed by atoms with Crippen molar-refractivity contribution in [2.24, 2.45) is 0 Å². The fourth-order valence-electron chi connectivity index (χ4n) is 2.63. The van der Waals surface area contributed by atoms with Crippen LogP contribution in [-0.4, -0.2) is 0 Å². The Morgan fingerprint density at radius 1 is 0.667 bits per heavy atom. The topological polar surface area (TPSA) is 0 Å². The maximum Gasteiger partial charge on any atom is -0.0233 e. The maximum atomic E-state index is 2.29. The molecule has 0 N–H and O–H groups in total. The number of hydrogen-bond acceptors (Lipinski definition) is 0. The van der Waals surface area contributed by atoms with Crippen molar-refractivity contribution in [1.82, 2.24) is 0 Å². The highest BCUT2D eigenvalue weighted by Gasteiger charge is 2.04. The number of rotatable bonds is 3. The fraction of sp³-hybridized carbons (Fsp3) is 0.333. The van der Waals surface area contributed by atoms with Crippen LogP contribution in [0.3, 0.4) is 0 Å². The molecule has 0 amide bonds. The summed E-state index contributed by atoms with van der Waals surface area (Å²) in [5.41, 5.74) is 8.51. The minimum Gasteiger partial charge on any atom is -0.0591 e. The van der Waals surface area contributed by atoms with E-state index in [4.69, 9.17) is 0 Å². The van der Waals surface area contributed by atoms with Gasteiger partial charge in [-0.1, -0.05) is 47.5 Å². The summed E-state index contributed by atoms with van der Waals surface area (Å²) in [6, 6.07) is 13.5. The molecule has 0 heteroatoms. The van der Waals surface area contributed by atoms with Crippen LogP contribution in [0.2, 0.25) is 0 Å². The van der Waals surface area contributed by atoms with E-state index < -0.39 is 0 Å². The van der Waals surface area contributed by atoms with Gasteiger partial charge in [-0.25, -0.2) is 0 Å². The van der Waals surface area contributed by atoms with Gasteiger partial charge in [-0.3, -0.25) is 0 Å². The van der Waals surface area contributed by atoms with Crippen molar-refractivity contribution < 1.29 is 0 Å². The monoisotopic (exact) mass is 238 g/mol. The van der Waals surface area contributed by atoms with E-state index in [-0.39, 0.29) is 0 Å². The first-order valence-electron chi connectivity index (χ1n) is 6.68. The molecule has 0 atom stereocenters. The van der Waals surface area contributed by atoms with E-state index in [9.17, 15) is 0 Å². The highest BCUT2D eigenvalue weighted by molar-refractivity contribution is 5.38. The van der Waals surface area contributed by atoms with E-state index in [0.717, 1.165) is 12.8 Å². The van der Waals surface area contributed by atoms with Crippen LogP contribution in [0.25, 0.3) is 0 Å². The van der Waals surface area contributed by atoms with Crippen molar-refractivity contribution in [3.63, 3.8) is 0 Å². The summed E-state index contributed by atoms with van der Waals surface area (Å²) in [6.45, 7) is 8.76. The van der Waals surface area contributed by atoms with Gasteiger partial charge in [0, 0.05) is 0 Å². The lowest BCUT2D eigenvalue weighted by Gasteiger charge is -2.11. The van der Waals surface area contributed by atoms with Gasteiger partial charge >= 0.3 is 0 Å². The van der Waals surface area contributed by atoms with E-state index in [1.54, 1.807) is 0 Å². The molecular weight excluding hydrogens is 216 g/mol. The molecule has 0 aromatic heterocycles. The molecule has 0 aliphatic carbocycles. The Morgan fingerprint density at radius 2 is 1.22 bits per heavy atom. The molecular formula is C18H22. The largest absolute Gasteiger partial charge is 0.0591 e. The molecule has 0 aliphatic heterocycles. The fourth-order valence-corrected chi connectivity index (χ4v) is 2.63. The van der Waals surface area contributed by atoms with E-state index in [1.807, 2.05) is 0 Å². The van der Waals surface area contributed by atoms with Crippen molar-refractivity contribution in [1.29, 1.82) is 0 Å². The van der Waals surface area contributed by atoms with Gasteiger partial charge in [-0.2, -0.15) is 0 Å². The van der Waals surface area contributed by atoms with Gasteiger partial charge in [-0.05, 0) is 62.8 Å². The molecule has 0 unspecified atom stereocenters. The molecule has 0 fully saturated rings. The first kappa shape index (κ1) is 12.9. The third kappa shape index (κ3) is 3.01. The third-order valence-electron chi connectivity index (χ3n) is 3.62. The van der Waals surface area contributed by atoms with Crippen LogP contribution in [0.1, 0.15) is 33.4 Å². The Bertz CT molecular complexity index is 509. The van der Waals surface area contributed by atoms with Gasteiger partial charge in [0.05, 0.1) is 0 Å². The van der Waals surface area contributed by atoms with Crippen molar-refractivity contribution in [3.8, 4) is 0 Å². The lowest BCUT2D eigenvalue weighted by atomic mass is 9.94. The van der Waals surface area contributed by atoms with Gasteiger partial charge in [0.25, 0.3) is 0 Å². The normalized spacial score (nSPS) is 10.7. The first-order valence-corrected chi connectivity index (χ1v) is 6.68. The van der Waals surface area contributed by atoms with Crippen LogP contribution < -0.4 is 0 Å². The molecule has 94 valence electrons. The Morgan fingerprint density at radius 3 is 1.78 bits per heavy atom. The molecule has 18 heavy (non-hydrogen) atoms. The van der Waals surface area contributed by atoms with Crippen molar-refractivity contribution in [2.75, 3.05) is 0 Å². The summed E-state index contributed by atoms with van der Waals surface area (Å²) in [5.74, 6) is 0. The number of hydrogen-bond donors (Lipinski definition) is 0. The maximum absolute atomic E-state index is 2.29. The molecule has 2 aromatic carbocycles. The van der Waals surface area contributed by atoms with Gasteiger partial charge in [-0.15, -0.1) is 0 Å². The second kappa shape index (κ2) is 5.39. The summed E-state index contributed by atoms with van der Waals surface area (Å²) in [4.78, 5) is 0. The van der Waals surface area contributed by atoms with E-state index in [0.29, 0.717) is 0 Å². The first-order chi connectivity index (χ1) is 8.56. The number of aryl methyl sites for hydroxylation is 5. The van der Waals surface area contributed by atoms with E-state index in [1.165, 1.54) is 33.4 Å². The molecule has 2 rings (SSSR count). The van der Waals surface area contributed by atoms with Crippen LogP contribution >= 0.6 is 0 Å². The zero-order valence-corrected chi connectivity index (χ0v) is 11.9. The molecule has 0 nitrogen and oxygen atoms in total. The molecule has 0 bridgehead atoms. The van der Waals surface area contributed by atoms with Gasteiger partial charge in [0.15, 0.2) is 0 Å². The summed E-state index contributed by atoms with van der Waals surface area (Å²) in [5, 5.41) is 0. The Hall–Kier alpha value is -1.56. The van der Waals surface area contributed by atoms with E-state index >= 15 is 0 Å². The Labute approximate surface area is 111 Å². The molecule has 0 aliphatic rings. The van der Waals surface area contributed by atoms with Gasteiger partial charge in [0.2, 0.25) is 0 Å². The average molecular weight is 238 g/mol. The van der Waals surface area contributed by atoms with Gasteiger partial charge < -0.3 is 0 Å². The van der Waals surface area contributed by atoms with Crippen molar-refractivity contribution in [2.45, 2.75) is 40.5 Å². The quantitative estimate of drug-likeness (QED) is 0.726. The molecule has 0 radical (unpaired) electrons. The zero-order chi connectivity index (χ0) is 13.1. The van der Waals surface area contributed by atoms with E-state index in [2.05, 4.69) is 64.1 Å². The molecule has 0 heterocycles. The second-order valence-electron chi connectivity index (χ2n) is 5.36. The van der Waals surface area contributed by atoms with Crippen LogP contribution in [0.15, 0.2) is 36.4 Å². The molecule has 0 saturated carbocycles. The highest BCUT2D eigenvalue weighted by atomic mass is 14.1. The molecule has 0 saturated heterocycles. The molecule has 2 aromatic rings. The molecule has 0 spiro atoms. The summed E-state index contributed by atoms with van der Waals surface area (Å²) in [6.07, 6.45) is 2.27. The smallest absolute Gasteiger partial charge is 0.0233 e. The van der Waals surface area contributed by atoms with Crippen molar-refractivity contribution >= 4 is 0 Å². The Kier molecular flexibility index (Phi) is 3.86. The summed E-state index contributed by atoms with van der Waals surface area (Å²) >= 11 is 0. The minimum absolute atomic E-state index is 1.13. The third-order valence-corrected chi connectivity index (χ3v) is 3.62. The zero-order valence-electron chi connectivity index (χ0n) is 11.9. The predicted molar refractivity (Wildman–Crippen MR) is 79.2 cm³/mol. The lowest BCUT2D eigenvalue weighted by molar-refractivity contribution is 0.935. The number of benzene rings is 2. The SMILES string of the molecule is Cc1ccc(CCc2c(C)cc(C)cc2C)cc1. The second-order valence-corrected chi connectivity index (χ2v) is 5.36. The average Bonchev–Trinajstić information content (AvgIpc) is 2.30. The summed E-state index contributed by atoms with van der Waals surface area (Å²) in [7, 11) is 0. The lowest BCUT2D eigenvalue weighted by Crippen LogP contribution is -1.98. The van der Waals surface area contributed by atoms with Crippen LogP contribution in [0.5, 0.6) is 0 Å². The van der Waals surface area contributed by atoms with Crippen LogP contribution in [0.4, 0.5) is 0 Å². The standard InChI is InChI=1S/C18H22/c1-13-5-7-17(8-6-13)9-10-18-15(3)11-14(2)12-16(18)4/h5-8,11-12H,9-10H2,1-4H3. The van der Waals surface area contributed by atoms with Gasteiger partial charge in [0.1, 0.15) is 0 Å². The predicted octanol–water partition coefficient (Wildman–Crippen LogP) is 4.71. The Balaban J connectivity index is 2.13. The summed E-state index contributed by atoms with van der Waals surface area (Å²) < 4.78 is 0. The van der Waals surface area contributed by atoms with Crippen LogP contribution in [0, 0.1) is 27.7 Å². The van der Waals surface area contributed by atoms with Crippen molar-refractivity contribution in [3.05, 3.63) is 69.8 Å².